The number of nitrogens with one attached hydrogen (secondary N) is 2. The average molecular weight is 469 g/mol. The van der Waals surface area contributed by atoms with E-state index in [1.54, 1.807) is 42.5 Å². The molecule has 0 amide bonds. The van der Waals surface area contributed by atoms with Crippen LogP contribution in [0.4, 0.5) is 5.69 Å². The minimum atomic E-state index is -2.52. The molecule has 31 heavy (non-hydrogen) atoms. The van der Waals surface area contributed by atoms with Crippen LogP contribution in [0.2, 0.25) is 5.02 Å². The van der Waals surface area contributed by atoms with Crippen molar-refractivity contribution in [3.8, 4) is 5.75 Å². The number of aliphatic hydroxyl groups excluding tert-OH is 1. The van der Waals surface area contributed by atoms with Gasteiger partial charge in [-0.1, -0.05) is 29.8 Å². The Kier molecular flexibility index (Phi) is 10.8. The summed E-state index contributed by atoms with van der Waals surface area (Å²) in [5.74, 6) is -3.10. The Bertz CT molecular complexity index is 943. The second kappa shape index (κ2) is 11.9. The molecule has 0 aromatic heterocycles. The fourth-order valence-electron chi connectivity index (χ4n) is 3.13. The number of halogens is 1. The smallest absolute Gasteiger partial charge is 1.00 e. The number of benzene rings is 2. The summed E-state index contributed by atoms with van der Waals surface area (Å²) in [6.07, 6.45) is -0.136. The van der Waals surface area contributed by atoms with Crippen LogP contribution >= 0.6 is 11.6 Å². The average Bonchev–Trinajstić information content (AvgIpc) is 3.06. The number of carboxylic acid groups (broad SMARTS) is 2. The zero-order valence-electron chi connectivity index (χ0n) is 19.6. The molecule has 2 aromatic rings. The first-order valence-electron chi connectivity index (χ1n) is 8.95. The Balaban J connectivity index is 0. The fraction of sp³-hybridized carbons (Fsp3) is 0.300. The van der Waals surface area contributed by atoms with Crippen LogP contribution in [0.5, 0.6) is 5.75 Å². The van der Waals surface area contributed by atoms with E-state index in [0.717, 1.165) is 11.1 Å². The van der Waals surface area contributed by atoms with Crippen molar-refractivity contribution in [2.45, 2.75) is 31.2 Å². The van der Waals surface area contributed by atoms with Crippen LogP contribution in [0.1, 0.15) is 27.0 Å². The molecule has 2 aromatic carbocycles. The molecule has 8 nitrogen and oxygen atoms in total. The van der Waals surface area contributed by atoms with Gasteiger partial charge in [-0.15, -0.1) is 0 Å². The topological polar surface area (TPSA) is 128 Å². The van der Waals surface area contributed by atoms with Gasteiger partial charge in [0.05, 0.1) is 11.8 Å². The molecule has 2 atom stereocenters. The maximum absolute atomic E-state index is 11.4. The first kappa shape index (κ1) is 28.2. The van der Waals surface area contributed by atoms with Crippen molar-refractivity contribution >= 4 is 29.2 Å². The number of rotatable bonds is 8. The van der Waals surface area contributed by atoms with E-state index in [0.29, 0.717) is 23.7 Å². The second-order valence-electron chi connectivity index (χ2n) is 6.93. The molecule has 0 spiro atoms. The second-order valence-corrected chi connectivity index (χ2v) is 7.37. The van der Waals surface area contributed by atoms with Gasteiger partial charge in [-0.05, 0) is 48.7 Å². The number of carboxylic acids is 2. The summed E-state index contributed by atoms with van der Waals surface area (Å²) >= 11 is 5.94. The number of fused-ring (bicyclic) bond motifs is 1. The van der Waals surface area contributed by atoms with Gasteiger partial charge in [0.15, 0.2) is 0 Å². The number of aliphatic hydroxyl groups is 1. The van der Waals surface area contributed by atoms with Crippen molar-refractivity contribution in [2.75, 3.05) is 11.9 Å². The number of aliphatic carboxylic acids is 2. The monoisotopic (exact) mass is 468 g/mol. The number of hydrogen-bond acceptors (Lipinski definition) is 6. The van der Waals surface area contributed by atoms with E-state index in [4.69, 9.17) is 16.3 Å². The van der Waals surface area contributed by atoms with E-state index in [1.165, 1.54) is 0 Å². The van der Waals surface area contributed by atoms with Gasteiger partial charge >= 0.3 is 76.8 Å². The molecular weight excluding hydrogens is 446 g/mol. The SMILES string of the molecule is CC(Cc1ccc2c(c1)NC(C(=O)O)(C(=O)O)O2)NCC(O)c1cccc(Cl)c1.[H-].[H-].[Na+].[Na+]. The van der Waals surface area contributed by atoms with Crippen LogP contribution in [0.3, 0.4) is 0 Å². The third-order valence-electron chi connectivity index (χ3n) is 4.66. The van der Waals surface area contributed by atoms with Crippen molar-refractivity contribution in [3.05, 3.63) is 58.6 Å². The minimum absolute atomic E-state index is 0. The van der Waals surface area contributed by atoms with Gasteiger partial charge in [-0.2, -0.15) is 0 Å². The standard InChI is InChI=1S/C20H21ClN2O6.2Na.2H/c1-11(22-10-16(24)13-3-2-4-14(21)9-13)7-12-5-6-17-15(8-12)23-20(29-17,18(25)26)19(27)28;;;;/h2-6,8-9,11,16,22-24H,7,10H2,1H3,(H,25,26)(H,27,28);;;;/q;2*+1;2*-1. The van der Waals surface area contributed by atoms with Gasteiger partial charge in [-0.3, -0.25) is 0 Å². The molecule has 0 saturated carbocycles. The molecule has 2 unspecified atom stereocenters. The summed E-state index contributed by atoms with van der Waals surface area (Å²) in [4.78, 5) is 22.7. The van der Waals surface area contributed by atoms with Gasteiger partial charge in [0.1, 0.15) is 5.75 Å². The van der Waals surface area contributed by atoms with Crippen molar-refractivity contribution < 1.29 is 91.6 Å². The van der Waals surface area contributed by atoms with Gasteiger partial charge in [0.2, 0.25) is 0 Å². The molecule has 0 saturated heterocycles. The quantitative estimate of drug-likeness (QED) is 0.199. The zero-order chi connectivity index (χ0) is 21.2. The molecule has 0 fully saturated rings. The van der Waals surface area contributed by atoms with E-state index < -0.39 is 23.8 Å². The van der Waals surface area contributed by atoms with E-state index in [1.807, 2.05) is 6.92 Å². The van der Waals surface area contributed by atoms with Crippen molar-refractivity contribution in [1.82, 2.24) is 5.32 Å². The Morgan fingerprint density at radius 2 is 1.87 bits per heavy atom. The first-order valence-corrected chi connectivity index (χ1v) is 9.33. The van der Waals surface area contributed by atoms with Crippen LogP contribution in [-0.4, -0.2) is 45.6 Å². The third-order valence-corrected chi connectivity index (χ3v) is 4.89. The molecule has 1 heterocycles. The number of hydrogen-bond donors (Lipinski definition) is 5. The van der Waals surface area contributed by atoms with E-state index >= 15 is 0 Å². The summed E-state index contributed by atoms with van der Waals surface area (Å²) in [7, 11) is 0. The van der Waals surface area contributed by atoms with Gasteiger partial charge in [-0.25, -0.2) is 9.59 Å². The number of carbonyl (C=O) groups is 2. The molecule has 0 aliphatic carbocycles. The maximum atomic E-state index is 11.4. The predicted octanol–water partition coefficient (Wildman–Crippen LogP) is -3.50. The van der Waals surface area contributed by atoms with Gasteiger partial charge in [0.25, 0.3) is 0 Å². The molecule has 1 aliphatic rings. The molecule has 11 heteroatoms. The van der Waals surface area contributed by atoms with Crippen LogP contribution in [0, 0.1) is 0 Å². The molecule has 1 aliphatic heterocycles. The Labute approximate surface area is 231 Å². The summed E-state index contributed by atoms with van der Waals surface area (Å²) in [6, 6.07) is 12.0. The molecular formula is C20H23ClN2Na2O6. The maximum Gasteiger partial charge on any atom is 1.00 e. The Morgan fingerprint density at radius 1 is 1.19 bits per heavy atom. The molecule has 0 radical (unpaired) electrons. The summed E-state index contributed by atoms with van der Waals surface area (Å²) < 4.78 is 5.15. The summed E-state index contributed by atoms with van der Waals surface area (Å²) in [5, 5.41) is 35.0. The minimum Gasteiger partial charge on any atom is -1.00 e. The summed E-state index contributed by atoms with van der Waals surface area (Å²) in [6.45, 7) is 2.27. The van der Waals surface area contributed by atoms with Crippen molar-refractivity contribution in [3.63, 3.8) is 0 Å². The first-order chi connectivity index (χ1) is 13.7. The van der Waals surface area contributed by atoms with Crippen LogP contribution < -0.4 is 74.5 Å². The normalized spacial score (nSPS) is 15.2. The van der Waals surface area contributed by atoms with Gasteiger partial charge in [0, 0.05) is 17.6 Å². The predicted molar refractivity (Wildman–Crippen MR) is 108 cm³/mol. The Hall–Kier alpha value is -0.810. The third kappa shape index (κ3) is 6.60. The van der Waals surface area contributed by atoms with E-state index in [2.05, 4.69) is 10.6 Å². The molecule has 0 bridgehead atoms. The molecule has 158 valence electrons. The molecule has 5 N–H and O–H groups in total. The van der Waals surface area contributed by atoms with Gasteiger partial charge < -0.3 is 33.5 Å². The van der Waals surface area contributed by atoms with E-state index in [9.17, 15) is 24.9 Å². The largest absolute Gasteiger partial charge is 1.00 e. The fourth-order valence-corrected chi connectivity index (χ4v) is 3.33. The van der Waals surface area contributed by atoms with Crippen LogP contribution in [-0.2, 0) is 16.0 Å². The van der Waals surface area contributed by atoms with Crippen LogP contribution in [0.15, 0.2) is 42.5 Å². The number of anilines is 1. The number of ether oxygens (including phenoxy) is 1. The Morgan fingerprint density at radius 3 is 2.48 bits per heavy atom. The molecule has 3 rings (SSSR count). The van der Waals surface area contributed by atoms with Crippen molar-refractivity contribution in [1.29, 1.82) is 0 Å². The summed E-state index contributed by atoms with van der Waals surface area (Å²) in [5.41, 5.74) is -0.650. The zero-order valence-corrected chi connectivity index (χ0v) is 22.3. The van der Waals surface area contributed by atoms with E-state index in [-0.39, 0.29) is 73.8 Å². The van der Waals surface area contributed by atoms with Crippen LogP contribution in [0.25, 0.3) is 0 Å². The van der Waals surface area contributed by atoms with Crippen molar-refractivity contribution in [2.24, 2.45) is 0 Å².